The van der Waals surface area contributed by atoms with Gasteiger partial charge in [-0.1, -0.05) is 56.3 Å². The zero-order valence-electron chi connectivity index (χ0n) is 25.7. The number of aromatic amines is 2. The summed E-state index contributed by atoms with van der Waals surface area (Å²) in [6, 6.07) is 13.3. The number of ether oxygens (including phenoxy) is 3. The number of aliphatic hydroxyl groups is 1. The predicted octanol–water partition coefficient (Wildman–Crippen LogP) is 6.01. The predicted molar refractivity (Wildman–Crippen MR) is 168 cm³/mol. The first-order chi connectivity index (χ1) is 20.4. The molecule has 8 heteroatoms. The van der Waals surface area contributed by atoms with Crippen LogP contribution in [0.4, 0.5) is 0 Å². The van der Waals surface area contributed by atoms with Crippen LogP contribution in [0.15, 0.2) is 72.8 Å². The van der Waals surface area contributed by atoms with E-state index in [4.69, 9.17) is 14.2 Å². The maximum Gasteiger partial charge on any atom is 0.232 e. The van der Waals surface area contributed by atoms with E-state index in [0.29, 0.717) is 17.5 Å². The molecule has 0 radical (unpaired) electrons. The third-order valence-electron chi connectivity index (χ3n) is 8.39. The molecule has 224 valence electrons. The third kappa shape index (κ3) is 4.90. The van der Waals surface area contributed by atoms with Crippen LogP contribution < -0.4 is 0 Å². The van der Waals surface area contributed by atoms with Gasteiger partial charge in [0, 0.05) is 63.8 Å². The highest BCUT2D eigenvalue weighted by atomic mass is 16.5. The molecule has 43 heavy (non-hydrogen) atoms. The third-order valence-corrected chi connectivity index (χ3v) is 8.39. The molecule has 2 aromatic heterocycles. The van der Waals surface area contributed by atoms with Gasteiger partial charge < -0.3 is 29.3 Å². The Morgan fingerprint density at radius 1 is 0.907 bits per heavy atom. The molecule has 0 aliphatic heterocycles. The Kier molecular flexibility index (Phi) is 7.71. The lowest BCUT2D eigenvalue weighted by atomic mass is 9.80. The molecular formula is C35H38N2O6. The van der Waals surface area contributed by atoms with E-state index in [1.807, 2.05) is 56.3 Å². The van der Waals surface area contributed by atoms with Crippen LogP contribution in [0.3, 0.4) is 0 Å². The highest BCUT2D eigenvalue weighted by molar-refractivity contribution is 6.48. The number of rotatable bonds is 10. The maximum absolute atomic E-state index is 14.4. The molecule has 3 N–H and O–H groups in total. The van der Waals surface area contributed by atoms with E-state index in [1.54, 1.807) is 33.2 Å². The highest BCUT2D eigenvalue weighted by Crippen LogP contribution is 2.44. The molecule has 5 rings (SSSR count). The molecule has 1 atom stereocenters. The van der Waals surface area contributed by atoms with Crippen LogP contribution in [0.2, 0.25) is 0 Å². The Balaban J connectivity index is 1.71. The quantitative estimate of drug-likeness (QED) is 0.156. The number of H-pyrrole nitrogens is 2. The van der Waals surface area contributed by atoms with Crippen molar-refractivity contribution in [3.8, 4) is 0 Å². The van der Waals surface area contributed by atoms with E-state index >= 15 is 0 Å². The molecule has 8 nitrogen and oxygen atoms in total. The van der Waals surface area contributed by atoms with E-state index < -0.39 is 28.7 Å². The van der Waals surface area contributed by atoms with Gasteiger partial charge in [-0.2, -0.15) is 0 Å². The minimum absolute atomic E-state index is 0.0568. The number of ketones is 2. The number of carbonyl (C=O) groups excluding carboxylic acids is 2. The zero-order valence-corrected chi connectivity index (χ0v) is 25.7. The smallest absolute Gasteiger partial charge is 0.232 e. The second-order valence-electron chi connectivity index (χ2n) is 11.9. The van der Waals surface area contributed by atoms with Gasteiger partial charge in [0.05, 0.1) is 37.1 Å². The van der Waals surface area contributed by atoms with Crippen molar-refractivity contribution < 1.29 is 28.9 Å². The van der Waals surface area contributed by atoms with Crippen molar-refractivity contribution in [3.63, 3.8) is 0 Å². The number of carbonyl (C=O) groups is 2. The number of aromatic nitrogens is 2. The van der Waals surface area contributed by atoms with Crippen molar-refractivity contribution in [2.45, 2.75) is 51.2 Å². The lowest BCUT2D eigenvalue weighted by molar-refractivity contribution is -0.117. The SMILES string of the molecule is C=CC(C)(C)c1[nH]c2ccccc2c1C1=C(OC)C(=O)C(c2c[nH]c3c(CC(OC)C(C)(C)O)cccc23)=C(OC)C1=O. The number of benzene rings is 2. The average molecular weight is 583 g/mol. The molecule has 0 bridgehead atoms. The van der Waals surface area contributed by atoms with Crippen LogP contribution >= 0.6 is 0 Å². The summed E-state index contributed by atoms with van der Waals surface area (Å²) in [5.41, 5.74) is 2.96. The van der Waals surface area contributed by atoms with E-state index in [2.05, 4.69) is 16.5 Å². The van der Waals surface area contributed by atoms with Crippen molar-refractivity contribution >= 4 is 44.5 Å². The molecule has 2 heterocycles. The van der Waals surface area contributed by atoms with Gasteiger partial charge in [-0.3, -0.25) is 9.59 Å². The molecular weight excluding hydrogens is 544 g/mol. The summed E-state index contributed by atoms with van der Waals surface area (Å²) in [5, 5.41) is 12.1. The summed E-state index contributed by atoms with van der Waals surface area (Å²) in [6.45, 7) is 11.4. The van der Waals surface area contributed by atoms with Crippen LogP contribution in [-0.2, 0) is 35.6 Å². The van der Waals surface area contributed by atoms with Crippen molar-refractivity contribution in [2.75, 3.05) is 21.3 Å². The standard InChI is InChI=1S/C35H38N2O6/c1-9-34(2,3)33-25(21-14-10-11-16-23(21)37-33)27-30(39)31(42-7)26(29(38)32(27)43-8)22-18-36-28-19(13-12-15-20(22)28)17-24(41-6)35(4,5)40/h9-16,18,24,36-37,40H,1,17H2,2-8H3. The molecule has 1 aliphatic rings. The molecule has 0 spiro atoms. The second kappa shape index (κ2) is 11.0. The minimum Gasteiger partial charge on any atom is -0.492 e. The number of allylic oxidation sites excluding steroid dienone is 3. The first-order valence-corrected chi connectivity index (χ1v) is 14.1. The van der Waals surface area contributed by atoms with Gasteiger partial charge in [0.2, 0.25) is 11.6 Å². The fourth-order valence-corrected chi connectivity index (χ4v) is 5.92. The number of methoxy groups -OCH3 is 3. The monoisotopic (exact) mass is 582 g/mol. The summed E-state index contributed by atoms with van der Waals surface area (Å²) in [7, 11) is 4.36. The van der Waals surface area contributed by atoms with E-state index in [9.17, 15) is 14.7 Å². The fourth-order valence-electron chi connectivity index (χ4n) is 5.92. The normalized spacial score (nSPS) is 15.5. The lowest BCUT2D eigenvalue weighted by Gasteiger charge is -2.28. The number of fused-ring (bicyclic) bond motifs is 2. The molecule has 1 unspecified atom stereocenters. The van der Waals surface area contributed by atoms with Gasteiger partial charge >= 0.3 is 0 Å². The fraction of sp³-hybridized carbons (Fsp3) is 0.314. The number of nitrogens with one attached hydrogen (secondary N) is 2. The Labute approximate surface area is 251 Å². The van der Waals surface area contributed by atoms with Crippen molar-refractivity contribution in [1.82, 2.24) is 9.97 Å². The van der Waals surface area contributed by atoms with Crippen molar-refractivity contribution in [2.24, 2.45) is 0 Å². The van der Waals surface area contributed by atoms with Crippen LogP contribution in [0.25, 0.3) is 33.0 Å². The Hall–Kier alpha value is -4.40. The van der Waals surface area contributed by atoms with E-state index in [0.717, 1.165) is 33.1 Å². The average Bonchev–Trinajstić information content (AvgIpc) is 3.58. The highest BCUT2D eigenvalue weighted by Gasteiger charge is 2.42. The Morgan fingerprint density at radius 2 is 1.53 bits per heavy atom. The molecule has 0 amide bonds. The van der Waals surface area contributed by atoms with Crippen LogP contribution in [0, 0.1) is 0 Å². The van der Waals surface area contributed by atoms with E-state index in [-0.39, 0.29) is 22.7 Å². The minimum atomic E-state index is -1.07. The van der Waals surface area contributed by atoms with Gasteiger partial charge in [-0.25, -0.2) is 0 Å². The number of para-hydroxylation sites is 2. The molecule has 0 saturated carbocycles. The largest absolute Gasteiger partial charge is 0.492 e. The Bertz CT molecular complexity index is 1830. The summed E-state index contributed by atoms with van der Waals surface area (Å²) < 4.78 is 17.1. The first kappa shape index (κ1) is 30.1. The summed E-state index contributed by atoms with van der Waals surface area (Å²) in [4.78, 5) is 35.5. The van der Waals surface area contributed by atoms with E-state index in [1.165, 1.54) is 14.2 Å². The van der Waals surface area contributed by atoms with Gasteiger partial charge in [0.1, 0.15) is 0 Å². The number of Topliss-reactive ketones (excluding diaryl/α,β-unsaturated/α-hetero) is 2. The van der Waals surface area contributed by atoms with Gasteiger partial charge in [-0.05, 0) is 25.5 Å². The topological polar surface area (TPSA) is 114 Å². The maximum atomic E-state index is 14.4. The number of hydrogen-bond acceptors (Lipinski definition) is 6. The molecule has 1 aliphatic carbocycles. The molecule has 0 fully saturated rings. The van der Waals surface area contributed by atoms with Crippen LogP contribution in [0.5, 0.6) is 0 Å². The number of hydrogen-bond donors (Lipinski definition) is 3. The van der Waals surface area contributed by atoms with Gasteiger partial charge in [0.15, 0.2) is 11.5 Å². The molecule has 0 saturated heterocycles. The molecule has 4 aromatic rings. The van der Waals surface area contributed by atoms with Crippen molar-refractivity contribution in [1.29, 1.82) is 0 Å². The summed E-state index contributed by atoms with van der Waals surface area (Å²) in [6.07, 6.45) is 3.47. The first-order valence-electron chi connectivity index (χ1n) is 14.1. The van der Waals surface area contributed by atoms with Crippen molar-refractivity contribution in [3.05, 3.63) is 95.2 Å². The van der Waals surface area contributed by atoms with Crippen LogP contribution in [-0.4, -0.2) is 59.7 Å². The zero-order chi connectivity index (χ0) is 31.3. The second-order valence-corrected chi connectivity index (χ2v) is 11.9. The van der Waals surface area contributed by atoms with Gasteiger partial charge in [-0.15, -0.1) is 6.58 Å². The summed E-state index contributed by atoms with van der Waals surface area (Å²) in [5.74, 6) is -1.03. The summed E-state index contributed by atoms with van der Waals surface area (Å²) >= 11 is 0. The lowest BCUT2D eigenvalue weighted by Crippen LogP contribution is -2.39. The van der Waals surface area contributed by atoms with Crippen LogP contribution in [0.1, 0.15) is 50.1 Å². The molecule has 2 aromatic carbocycles. The Morgan fingerprint density at radius 3 is 2.16 bits per heavy atom. The van der Waals surface area contributed by atoms with Gasteiger partial charge in [0.25, 0.3) is 0 Å².